The van der Waals surface area contributed by atoms with Crippen LogP contribution in [0.3, 0.4) is 0 Å². The Morgan fingerprint density at radius 3 is 2.46 bits per heavy atom. The third-order valence-corrected chi connectivity index (χ3v) is 8.05. The predicted molar refractivity (Wildman–Crippen MR) is 156 cm³/mol. The third kappa shape index (κ3) is 6.46. The number of piperidine rings is 1. The zero-order chi connectivity index (χ0) is 28.2. The Morgan fingerprint density at radius 2 is 1.78 bits per heavy atom. The molecule has 1 amide bonds. The molecule has 0 radical (unpaired) electrons. The summed E-state index contributed by atoms with van der Waals surface area (Å²) in [5, 5.41) is 7.19. The van der Waals surface area contributed by atoms with Crippen LogP contribution in [0, 0.1) is 6.92 Å². The van der Waals surface area contributed by atoms with Crippen molar-refractivity contribution < 1.29 is 19.1 Å². The van der Waals surface area contributed by atoms with Gasteiger partial charge in [0.15, 0.2) is 0 Å². The number of likely N-dealkylation sites (tertiary alicyclic amines) is 1. The molecule has 2 aromatic carbocycles. The molecule has 3 heterocycles. The number of ether oxygens (including phenoxy) is 2. The van der Waals surface area contributed by atoms with E-state index in [4.69, 9.17) is 19.3 Å². The van der Waals surface area contributed by atoms with Gasteiger partial charge in [0.25, 0.3) is 5.91 Å². The largest absolute Gasteiger partial charge is 0.460 e. The van der Waals surface area contributed by atoms with E-state index in [1.165, 1.54) is 11.1 Å². The fraction of sp³-hybridized carbons (Fsp3) is 0.406. The van der Waals surface area contributed by atoms with Crippen LogP contribution in [0.2, 0.25) is 0 Å². The number of rotatable bonds is 9. The average Bonchev–Trinajstić information content (AvgIpc) is 3.72. The van der Waals surface area contributed by atoms with Crippen molar-refractivity contribution in [2.45, 2.75) is 57.3 Å². The zero-order valence-electron chi connectivity index (χ0n) is 23.7. The Morgan fingerprint density at radius 1 is 1.02 bits per heavy atom. The van der Waals surface area contributed by atoms with Gasteiger partial charge in [-0.15, -0.1) is 0 Å². The Hall–Kier alpha value is -4.11. The van der Waals surface area contributed by atoms with E-state index in [0.717, 1.165) is 51.0 Å². The van der Waals surface area contributed by atoms with Gasteiger partial charge in [-0.05, 0) is 73.2 Å². The second-order valence-electron chi connectivity index (χ2n) is 11.0. The Labute approximate surface area is 241 Å². The van der Waals surface area contributed by atoms with Gasteiger partial charge >= 0.3 is 6.02 Å². The minimum atomic E-state index is -0.0327. The van der Waals surface area contributed by atoms with E-state index in [9.17, 15) is 4.79 Å². The zero-order valence-corrected chi connectivity index (χ0v) is 23.7. The number of nitrogens with zero attached hydrogens (tertiary/aromatic N) is 4. The summed E-state index contributed by atoms with van der Waals surface area (Å²) < 4.78 is 11.9. The van der Waals surface area contributed by atoms with Crippen LogP contribution in [0.15, 0.2) is 71.9 Å². The number of carbonyl (C=O) groups excluding carboxylic acids is 1. The van der Waals surface area contributed by atoms with Crippen LogP contribution in [0.5, 0.6) is 11.6 Å². The van der Waals surface area contributed by atoms with Gasteiger partial charge in [-0.1, -0.05) is 36.4 Å². The van der Waals surface area contributed by atoms with Crippen molar-refractivity contribution in [3.05, 3.63) is 89.1 Å². The maximum absolute atomic E-state index is 12.2. The van der Waals surface area contributed by atoms with E-state index in [1.54, 1.807) is 19.2 Å². The van der Waals surface area contributed by atoms with E-state index in [-0.39, 0.29) is 11.9 Å². The van der Waals surface area contributed by atoms with Gasteiger partial charge in [-0.3, -0.25) is 9.69 Å². The molecule has 0 unspecified atom stereocenters. The minimum Gasteiger partial charge on any atom is -0.460 e. The van der Waals surface area contributed by atoms with Gasteiger partial charge in [-0.2, -0.15) is 0 Å². The molecule has 214 valence electrons. The minimum absolute atomic E-state index is 0.0327. The SMILES string of the molecule is CON=C1OC[C@@H](c2ccccc2)N1C1CCN(Cc2ccc(Oc3ccc(C(=O)NC4CC4)cc3)nc2C)CC1. The molecule has 6 rings (SSSR count). The number of aryl methyl sites for hydroxylation is 1. The first-order valence-electron chi connectivity index (χ1n) is 14.4. The number of amides is 1. The molecule has 3 aliphatic rings. The Bertz CT molecular complexity index is 1370. The molecule has 1 aliphatic carbocycles. The van der Waals surface area contributed by atoms with Crippen LogP contribution >= 0.6 is 0 Å². The number of carbonyl (C=O) groups is 1. The summed E-state index contributed by atoms with van der Waals surface area (Å²) in [6.45, 7) is 5.39. The first-order valence-corrected chi connectivity index (χ1v) is 14.4. The molecular weight excluding hydrogens is 518 g/mol. The Balaban J connectivity index is 1.04. The molecule has 1 aromatic heterocycles. The lowest BCUT2D eigenvalue weighted by atomic mass is 9.98. The van der Waals surface area contributed by atoms with Crippen molar-refractivity contribution in [3.63, 3.8) is 0 Å². The summed E-state index contributed by atoms with van der Waals surface area (Å²) in [5.74, 6) is 1.17. The van der Waals surface area contributed by atoms with Gasteiger partial charge in [-0.25, -0.2) is 4.98 Å². The molecule has 2 saturated heterocycles. The lowest BCUT2D eigenvalue weighted by Gasteiger charge is -2.38. The number of pyridine rings is 1. The molecule has 0 bridgehead atoms. The van der Waals surface area contributed by atoms with Gasteiger partial charge in [0.2, 0.25) is 5.88 Å². The smallest absolute Gasteiger partial charge is 0.327 e. The second kappa shape index (κ2) is 12.2. The van der Waals surface area contributed by atoms with Crippen LogP contribution in [0.25, 0.3) is 0 Å². The molecule has 1 saturated carbocycles. The third-order valence-electron chi connectivity index (χ3n) is 8.05. The molecule has 1 atom stereocenters. The maximum Gasteiger partial charge on any atom is 0.327 e. The number of hydrogen-bond donors (Lipinski definition) is 1. The van der Waals surface area contributed by atoms with Crippen molar-refractivity contribution in [2.24, 2.45) is 5.16 Å². The predicted octanol–water partition coefficient (Wildman–Crippen LogP) is 5.03. The maximum atomic E-state index is 12.2. The van der Waals surface area contributed by atoms with Crippen molar-refractivity contribution in [2.75, 3.05) is 26.8 Å². The highest BCUT2D eigenvalue weighted by Crippen LogP contribution is 2.34. The number of benzene rings is 2. The molecule has 3 fully saturated rings. The normalized spacial score (nSPS) is 20.6. The van der Waals surface area contributed by atoms with Gasteiger partial charge in [0, 0.05) is 49.0 Å². The molecule has 9 nitrogen and oxygen atoms in total. The average molecular weight is 556 g/mol. The van der Waals surface area contributed by atoms with Crippen molar-refractivity contribution in [1.29, 1.82) is 0 Å². The number of oxime groups is 1. The summed E-state index contributed by atoms with van der Waals surface area (Å²) >= 11 is 0. The quantitative estimate of drug-likeness (QED) is 0.371. The standard InChI is InChI=1S/C32H37N5O4/c1-22-25(10-15-30(33-22)41-28-13-8-24(9-14-28)31(38)34-26-11-12-26)20-36-18-16-27(17-19-36)37-29(21-40-32(37)35-39-2)23-6-4-3-5-7-23/h3-10,13-15,26-27,29H,11-12,16-21H2,1-2H3,(H,34,38)/t29-/m0/s1. The fourth-order valence-corrected chi connectivity index (χ4v) is 5.61. The summed E-state index contributed by atoms with van der Waals surface area (Å²) in [5.41, 5.74) is 4.02. The Kier molecular flexibility index (Phi) is 8.04. The van der Waals surface area contributed by atoms with Gasteiger partial charge in [0.05, 0.1) is 6.04 Å². The molecule has 41 heavy (non-hydrogen) atoms. The van der Waals surface area contributed by atoms with Gasteiger partial charge < -0.3 is 24.5 Å². The topological polar surface area (TPSA) is 88.5 Å². The van der Waals surface area contributed by atoms with Crippen LogP contribution in [-0.2, 0) is 16.1 Å². The highest BCUT2D eigenvalue weighted by molar-refractivity contribution is 5.94. The van der Waals surface area contributed by atoms with Crippen LogP contribution < -0.4 is 10.1 Å². The van der Waals surface area contributed by atoms with Crippen LogP contribution in [-0.4, -0.2) is 65.6 Å². The van der Waals surface area contributed by atoms with Crippen molar-refractivity contribution >= 4 is 11.9 Å². The summed E-state index contributed by atoms with van der Waals surface area (Å²) in [6.07, 6.45) is 4.16. The van der Waals surface area contributed by atoms with Crippen molar-refractivity contribution in [1.82, 2.24) is 20.1 Å². The highest BCUT2D eigenvalue weighted by Gasteiger charge is 2.39. The number of amidine groups is 1. The van der Waals surface area contributed by atoms with E-state index < -0.39 is 0 Å². The van der Waals surface area contributed by atoms with E-state index in [2.05, 4.69) is 50.6 Å². The summed E-state index contributed by atoms with van der Waals surface area (Å²) in [4.78, 5) is 26.8. The molecule has 1 N–H and O–H groups in total. The first kappa shape index (κ1) is 27.1. The molecule has 2 aliphatic heterocycles. The van der Waals surface area contributed by atoms with Crippen LogP contribution in [0.4, 0.5) is 0 Å². The van der Waals surface area contributed by atoms with Gasteiger partial charge in [0.1, 0.15) is 19.5 Å². The summed E-state index contributed by atoms with van der Waals surface area (Å²) in [6, 6.07) is 23.1. The molecule has 0 spiro atoms. The second-order valence-corrected chi connectivity index (χ2v) is 11.0. The molecule has 3 aromatic rings. The van der Waals surface area contributed by atoms with E-state index in [0.29, 0.717) is 41.9 Å². The lowest BCUT2D eigenvalue weighted by molar-refractivity contribution is 0.0951. The first-order chi connectivity index (χ1) is 20.1. The fourth-order valence-electron chi connectivity index (χ4n) is 5.61. The number of hydrogen-bond acceptors (Lipinski definition) is 7. The van der Waals surface area contributed by atoms with Crippen molar-refractivity contribution in [3.8, 4) is 11.6 Å². The lowest BCUT2D eigenvalue weighted by Crippen LogP contribution is -2.46. The van der Waals surface area contributed by atoms with E-state index in [1.807, 2.05) is 31.2 Å². The number of nitrogens with one attached hydrogen (secondary N) is 1. The number of aromatic nitrogens is 1. The van der Waals surface area contributed by atoms with Crippen LogP contribution in [0.1, 0.15) is 58.9 Å². The van der Waals surface area contributed by atoms with E-state index >= 15 is 0 Å². The highest BCUT2D eigenvalue weighted by atomic mass is 16.6. The summed E-state index contributed by atoms with van der Waals surface area (Å²) in [7, 11) is 1.56. The molecule has 9 heteroatoms. The molecular formula is C32H37N5O4. The monoisotopic (exact) mass is 555 g/mol.